The van der Waals surface area contributed by atoms with E-state index in [1.807, 2.05) is 16.7 Å². The third-order valence-electron chi connectivity index (χ3n) is 10.8. The van der Waals surface area contributed by atoms with E-state index in [4.69, 9.17) is 14.8 Å². The summed E-state index contributed by atoms with van der Waals surface area (Å²) < 4.78 is 36.8. The van der Waals surface area contributed by atoms with Crippen molar-refractivity contribution in [2.24, 2.45) is 21.7 Å². The number of aliphatic hydroxyl groups excluding tert-OH is 1. The Morgan fingerprint density at radius 3 is 2.15 bits per heavy atom. The van der Waals surface area contributed by atoms with Crippen LogP contribution in [0, 0.1) is 45.1 Å². The van der Waals surface area contributed by atoms with E-state index >= 15 is 0 Å². The summed E-state index contributed by atoms with van der Waals surface area (Å²) in [5.74, 6) is 3.05. The second kappa shape index (κ2) is 10.2. The third-order valence-corrected chi connectivity index (χ3v) is 12.7. The van der Waals surface area contributed by atoms with Crippen LogP contribution in [0.25, 0.3) is 5.69 Å². The van der Waals surface area contributed by atoms with E-state index in [0.29, 0.717) is 5.69 Å². The maximum atomic E-state index is 14.8. The minimum atomic E-state index is -0.739. The van der Waals surface area contributed by atoms with Gasteiger partial charge in [0.05, 0.1) is 29.3 Å². The third kappa shape index (κ3) is 4.33. The number of benzene rings is 1. The van der Waals surface area contributed by atoms with Gasteiger partial charge in [-0.15, -0.1) is 0 Å². The van der Waals surface area contributed by atoms with Crippen molar-refractivity contribution in [3.05, 3.63) is 65.7 Å². The number of rotatable bonds is 6. The first-order valence-corrected chi connectivity index (χ1v) is 14.2. The van der Waals surface area contributed by atoms with Gasteiger partial charge in [-0.1, -0.05) is 79.0 Å². The molecule has 40 heavy (non-hydrogen) atoms. The highest BCUT2D eigenvalue weighted by molar-refractivity contribution is 8.00. The van der Waals surface area contributed by atoms with Crippen molar-refractivity contribution in [1.82, 2.24) is 14.5 Å². The van der Waals surface area contributed by atoms with Crippen molar-refractivity contribution in [3.8, 4) is 23.3 Å². The number of imidazole rings is 1. The summed E-state index contributed by atoms with van der Waals surface area (Å²) in [6.07, 6.45) is 5.18. The standard InChI is InChI=1S/C32H39F2N3O2S/c1-28(2)29(3,4)31(7,8)32(9,30(28,5)6)40-27-36-19-23(37(27)22-13-10-14-35-18-22)20-39-26-17-24(33)21(12-11-15-38)16-25(26)34/h10,13-14,16-19,38H,15,20H2,1-9H3. The summed E-state index contributed by atoms with van der Waals surface area (Å²) in [7, 11) is 0. The molecule has 0 spiro atoms. The molecule has 1 aromatic carbocycles. The Hall–Kier alpha value is -2.89. The van der Waals surface area contributed by atoms with Crippen LogP contribution in [-0.2, 0) is 6.61 Å². The highest BCUT2D eigenvalue weighted by atomic mass is 32.2. The monoisotopic (exact) mass is 567 g/mol. The zero-order chi connectivity index (χ0) is 29.7. The highest BCUT2D eigenvalue weighted by Crippen LogP contribution is 2.78. The van der Waals surface area contributed by atoms with Gasteiger partial charge < -0.3 is 9.84 Å². The summed E-state index contributed by atoms with van der Waals surface area (Å²) >= 11 is 1.75. The molecule has 1 fully saturated rings. The second-order valence-corrected chi connectivity index (χ2v) is 14.1. The Bertz CT molecular complexity index is 1440. The van der Waals surface area contributed by atoms with Gasteiger partial charge in [0.25, 0.3) is 0 Å². The fraction of sp³-hybridized carbons (Fsp3) is 0.500. The zero-order valence-corrected chi connectivity index (χ0v) is 25.6. The van der Waals surface area contributed by atoms with Crippen LogP contribution in [0.15, 0.2) is 48.0 Å². The Balaban J connectivity index is 1.75. The smallest absolute Gasteiger partial charge is 0.173 e. The molecular formula is C32H39F2N3O2S. The van der Waals surface area contributed by atoms with E-state index in [2.05, 4.69) is 79.1 Å². The average molecular weight is 568 g/mol. The number of pyridine rings is 1. The van der Waals surface area contributed by atoms with Gasteiger partial charge in [0.15, 0.2) is 16.7 Å². The molecule has 4 rings (SSSR count). The number of aromatic nitrogens is 3. The molecule has 1 saturated carbocycles. The fourth-order valence-electron chi connectivity index (χ4n) is 6.30. The summed E-state index contributed by atoms with van der Waals surface area (Å²) in [4.78, 5) is 9.15. The fourth-order valence-corrected chi connectivity index (χ4v) is 8.10. The van der Waals surface area contributed by atoms with E-state index in [0.717, 1.165) is 23.0 Å². The number of nitrogens with zero attached hydrogens (tertiary/aromatic N) is 3. The van der Waals surface area contributed by atoms with Gasteiger partial charge in [-0.2, -0.15) is 0 Å². The summed E-state index contributed by atoms with van der Waals surface area (Å²) in [6.45, 7) is 20.7. The predicted octanol–water partition coefficient (Wildman–Crippen LogP) is 7.44. The number of aliphatic hydroxyl groups is 1. The first-order chi connectivity index (χ1) is 18.5. The molecule has 0 amide bonds. The topological polar surface area (TPSA) is 60.2 Å². The lowest BCUT2D eigenvalue weighted by molar-refractivity contribution is 0.0135. The van der Waals surface area contributed by atoms with Crippen LogP contribution in [0.4, 0.5) is 8.78 Å². The van der Waals surface area contributed by atoms with Crippen molar-refractivity contribution in [3.63, 3.8) is 0 Å². The Morgan fingerprint density at radius 2 is 1.57 bits per heavy atom. The Morgan fingerprint density at radius 1 is 0.925 bits per heavy atom. The molecule has 1 aliphatic carbocycles. The highest BCUT2D eigenvalue weighted by Gasteiger charge is 2.74. The molecule has 214 valence electrons. The minimum absolute atomic E-state index is 0.0121. The molecule has 1 N–H and O–H groups in total. The van der Waals surface area contributed by atoms with Gasteiger partial charge in [0, 0.05) is 17.0 Å². The molecule has 0 aliphatic heterocycles. The van der Waals surface area contributed by atoms with E-state index in [1.54, 1.807) is 30.4 Å². The Kier molecular flexibility index (Phi) is 7.66. The molecule has 0 unspecified atom stereocenters. The van der Waals surface area contributed by atoms with Crippen LogP contribution in [-0.4, -0.2) is 31.0 Å². The predicted molar refractivity (Wildman–Crippen MR) is 155 cm³/mol. The van der Waals surface area contributed by atoms with Crippen LogP contribution in [0.3, 0.4) is 0 Å². The van der Waals surface area contributed by atoms with Crippen LogP contribution in [0.2, 0.25) is 0 Å². The van der Waals surface area contributed by atoms with Crippen LogP contribution < -0.4 is 4.74 Å². The van der Waals surface area contributed by atoms with Gasteiger partial charge in [0.1, 0.15) is 19.0 Å². The van der Waals surface area contributed by atoms with Crippen LogP contribution in [0.1, 0.15) is 73.6 Å². The SMILES string of the molecule is CC1(C)C(C)(C)C(C)(C)C(C)(Sc2ncc(COc3cc(F)c(C#CCO)cc3F)n2-c2cccnc2)C1(C)C. The lowest BCUT2D eigenvalue weighted by Gasteiger charge is -2.49. The van der Waals surface area contributed by atoms with E-state index in [1.165, 1.54) is 0 Å². The maximum absolute atomic E-state index is 14.8. The van der Waals surface area contributed by atoms with Gasteiger partial charge in [-0.3, -0.25) is 9.55 Å². The largest absolute Gasteiger partial charge is 0.484 e. The Labute approximate surface area is 240 Å². The molecule has 5 nitrogen and oxygen atoms in total. The number of ether oxygens (including phenoxy) is 1. The van der Waals surface area contributed by atoms with E-state index in [-0.39, 0.29) is 44.3 Å². The number of thioether (sulfide) groups is 1. The normalized spacial score (nSPS) is 19.6. The lowest BCUT2D eigenvalue weighted by Crippen LogP contribution is -2.47. The van der Waals surface area contributed by atoms with E-state index < -0.39 is 18.2 Å². The minimum Gasteiger partial charge on any atom is -0.484 e. The maximum Gasteiger partial charge on any atom is 0.173 e. The van der Waals surface area contributed by atoms with Crippen molar-refractivity contribution in [1.29, 1.82) is 0 Å². The van der Waals surface area contributed by atoms with Crippen LogP contribution in [0.5, 0.6) is 5.75 Å². The van der Waals surface area contributed by atoms with Gasteiger partial charge in [0.2, 0.25) is 0 Å². The molecule has 3 aromatic rings. The summed E-state index contributed by atoms with van der Waals surface area (Å²) in [6, 6.07) is 5.75. The molecule has 2 heterocycles. The van der Waals surface area contributed by atoms with Crippen LogP contribution >= 0.6 is 11.8 Å². The molecule has 0 radical (unpaired) electrons. The lowest BCUT2D eigenvalue weighted by atomic mass is 9.57. The first-order valence-electron chi connectivity index (χ1n) is 13.4. The van der Waals surface area contributed by atoms with Crippen molar-refractivity contribution in [2.75, 3.05) is 6.61 Å². The molecule has 8 heteroatoms. The molecule has 1 aliphatic rings. The number of hydrogen-bond donors (Lipinski definition) is 1. The van der Waals surface area contributed by atoms with Crippen molar-refractivity contribution >= 4 is 11.8 Å². The molecule has 0 bridgehead atoms. The van der Waals surface area contributed by atoms with Gasteiger partial charge >= 0.3 is 0 Å². The quantitative estimate of drug-likeness (QED) is 0.314. The van der Waals surface area contributed by atoms with Crippen molar-refractivity contribution in [2.45, 2.75) is 78.8 Å². The number of hydrogen-bond acceptors (Lipinski definition) is 5. The van der Waals surface area contributed by atoms with Gasteiger partial charge in [-0.05, 0) is 46.8 Å². The molecule has 2 aromatic heterocycles. The second-order valence-electron chi connectivity index (χ2n) is 12.7. The van der Waals surface area contributed by atoms with E-state index in [9.17, 15) is 8.78 Å². The first kappa shape index (κ1) is 30.1. The average Bonchev–Trinajstić information content (AvgIpc) is 3.31. The molecular weight excluding hydrogens is 528 g/mol. The molecule has 0 atom stereocenters. The summed E-state index contributed by atoms with van der Waals surface area (Å²) in [5, 5.41) is 9.64. The molecule has 0 saturated heterocycles. The number of halogens is 2. The van der Waals surface area contributed by atoms with Gasteiger partial charge in [-0.25, -0.2) is 13.8 Å². The zero-order valence-electron chi connectivity index (χ0n) is 24.8. The summed E-state index contributed by atoms with van der Waals surface area (Å²) in [5.41, 5.74) is 1.20. The van der Waals surface area contributed by atoms with Crippen molar-refractivity contribution < 1.29 is 18.6 Å².